The van der Waals surface area contributed by atoms with Gasteiger partial charge in [-0.25, -0.2) is 14.4 Å². The SMILES string of the molecule is CCC(=O)N1CCN(c2nc(-c3ccccc3O)nc3cc(C)ccc23)CC1(O)c1ccc(F)cc1. The average molecular weight is 487 g/mol. The number of phenolic OH excluding ortho intramolecular Hbond substituents is 1. The van der Waals surface area contributed by atoms with Gasteiger partial charge in [-0.2, -0.15) is 0 Å². The van der Waals surface area contributed by atoms with E-state index >= 15 is 0 Å². The topological polar surface area (TPSA) is 89.8 Å². The van der Waals surface area contributed by atoms with E-state index in [0.717, 1.165) is 10.9 Å². The molecule has 1 saturated heterocycles. The first-order chi connectivity index (χ1) is 17.3. The zero-order valence-electron chi connectivity index (χ0n) is 20.1. The fraction of sp³-hybridized carbons (Fsp3) is 0.250. The van der Waals surface area contributed by atoms with Crippen molar-refractivity contribution in [3.8, 4) is 17.1 Å². The second-order valence-electron chi connectivity index (χ2n) is 9.05. The Hall–Kier alpha value is -4.04. The summed E-state index contributed by atoms with van der Waals surface area (Å²) in [5.74, 6) is 0.394. The molecule has 184 valence electrons. The highest BCUT2D eigenvalue weighted by atomic mass is 19.1. The number of aromatic nitrogens is 2. The lowest BCUT2D eigenvalue weighted by atomic mass is 9.96. The number of aryl methyl sites for hydroxylation is 1. The van der Waals surface area contributed by atoms with Crippen LogP contribution in [-0.2, 0) is 10.5 Å². The molecule has 1 aliphatic rings. The zero-order chi connectivity index (χ0) is 25.4. The molecule has 0 saturated carbocycles. The smallest absolute Gasteiger partial charge is 0.224 e. The Labute approximate surface area is 208 Å². The molecule has 1 amide bonds. The molecule has 1 fully saturated rings. The number of anilines is 1. The number of rotatable bonds is 4. The lowest BCUT2D eigenvalue weighted by Gasteiger charge is -2.48. The maximum atomic E-state index is 13.7. The van der Waals surface area contributed by atoms with Crippen LogP contribution in [0.3, 0.4) is 0 Å². The predicted octanol–water partition coefficient (Wildman–Crippen LogP) is 4.35. The summed E-state index contributed by atoms with van der Waals surface area (Å²) in [4.78, 5) is 25.7. The third-order valence-electron chi connectivity index (χ3n) is 6.64. The number of nitrogens with zero attached hydrogens (tertiary/aromatic N) is 4. The van der Waals surface area contributed by atoms with Gasteiger partial charge in [0, 0.05) is 30.5 Å². The predicted molar refractivity (Wildman–Crippen MR) is 136 cm³/mol. The molecule has 3 aromatic carbocycles. The van der Waals surface area contributed by atoms with Crippen LogP contribution in [0.5, 0.6) is 5.75 Å². The highest BCUT2D eigenvalue weighted by Gasteiger charge is 2.44. The molecule has 0 aliphatic carbocycles. The highest BCUT2D eigenvalue weighted by Crippen LogP contribution is 2.37. The van der Waals surface area contributed by atoms with Crippen molar-refractivity contribution in [3.63, 3.8) is 0 Å². The van der Waals surface area contributed by atoms with E-state index in [-0.39, 0.29) is 31.2 Å². The monoisotopic (exact) mass is 486 g/mol. The van der Waals surface area contributed by atoms with E-state index in [4.69, 9.17) is 9.97 Å². The van der Waals surface area contributed by atoms with Crippen LogP contribution >= 0.6 is 0 Å². The third-order valence-corrected chi connectivity index (χ3v) is 6.64. The largest absolute Gasteiger partial charge is 0.507 e. The Morgan fingerprint density at radius 1 is 1.06 bits per heavy atom. The Morgan fingerprint density at radius 2 is 1.81 bits per heavy atom. The van der Waals surface area contributed by atoms with Crippen molar-refractivity contribution in [1.82, 2.24) is 14.9 Å². The van der Waals surface area contributed by atoms with Crippen LogP contribution in [0.15, 0.2) is 66.7 Å². The number of hydrogen-bond acceptors (Lipinski definition) is 6. The summed E-state index contributed by atoms with van der Waals surface area (Å²) in [5.41, 5.74) is 0.962. The maximum absolute atomic E-state index is 13.7. The molecular weight excluding hydrogens is 459 g/mol. The van der Waals surface area contributed by atoms with Crippen LogP contribution in [0, 0.1) is 12.7 Å². The average Bonchev–Trinajstić information content (AvgIpc) is 2.88. The number of hydrogen-bond donors (Lipinski definition) is 2. The van der Waals surface area contributed by atoms with Crippen LogP contribution in [0.25, 0.3) is 22.3 Å². The van der Waals surface area contributed by atoms with Gasteiger partial charge in [0.15, 0.2) is 11.5 Å². The van der Waals surface area contributed by atoms with Gasteiger partial charge in [-0.15, -0.1) is 0 Å². The van der Waals surface area contributed by atoms with Crippen molar-refractivity contribution in [2.24, 2.45) is 0 Å². The number of fused-ring (bicyclic) bond motifs is 1. The molecule has 4 aromatic rings. The number of amides is 1. The summed E-state index contributed by atoms with van der Waals surface area (Å²) < 4.78 is 13.7. The maximum Gasteiger partial charge on any atom is 0.224 e. The molecular formula is C28H27FN4O3. The molecule has 7 nitrogen and oxygen atoms in total. The van der Waals surface area contributed by atoms with E-state index in [1.807, 2.05) is 30.0 Å². The number of piperazine rings is 1. The molecule has 2 N–H and O–H groups in total. The normalized spacial score (nSPS) is 18.0. The molecule has 0 spiro atoms. The minimum Gasteiger partial charge on any atom is -0.507 e. The molecule has 0 bridgehead atoms. The fourth-order valence-electron chi connectivity index (χ4n) is 4.75. The van der Waals surface area contributed by atoms with E-state index in [0.29, 0.717) is 34.8 Å². The number of para-hydroxylation sites is 1. The van der Waals surface area contributed by atoms with Crippen LogP contribution in [0.1, 0.15) is 24.5 Å². The number of carbonyl (C=O) groups excluding carboxylic acids is 1. The van der Waals surface area contributed by atoms with E-state index in [1.54, 1.807) is 31.2 Å². The van der Waals surface area contributed by atoms with Crippen LogP contribution < -0.4 is 4.90 Å². The summed E-state index contributed by atoms with van der Waals surface area (Å²) in [6.07, 6.45) is 0.233. The Kier molecular flexibility index (Phi) is 6.05. The molecule has 0 radical (unpaired) electrons. The number of carbonyl (C=O) groups is 1. The zero-order valence-corrected chi connectivity index (χ0v) is 20.1. The molecule has 1 unspecified atom stereocenters. The van der Waals surface area contributed by atoms with E-state index in [2.05, 4.69) is 0 Å². The molecule has 8 heteroatoms. The summed E-state index contributed by atoms with van der Waals surface area (Å²) in [6, 6.07) is 18.3. The first-order valence-electron chi connectivity index (χ1n) is 11.9. The lowest BCUT2D eigenvalue weighted by molar-refractivity contribution is -0.164. The number of aliphatic hydroxyl groups is 1. The van der Waals surface area contributed by atoms with Gasteiger partial charge in [-0.3, -0.25) is 4.79 Å². The first kappa shape index (κ1) is 23.7. The van der Waals surface area contributed by atoms with Crippen LogP contribution in [-0.4, -0.2) is 50.6 Å². The lowest BCUT2D eigenvalue weighted by Crippen LogP contribution is -2.62. The van der Waals surface area contributed by atoms with Gasteiger partial charge < -0.3 is 20.0 Å². The summed E-state index contributed by atoms with van der Waals surface area (Å²) in [7, 11) is 0. The van der Waals surface area contributed by atoms with Gasteiger partial charge >= 0.3 is 0 Å². The van der Waals surface area contributed by atoms with Crippen LogP contribution in [0.4, 0.5) is 10.2 Å². The van der Waals surface area contributed by atoms with Gasteiger partial charge in [0.2, 0.25) is 5.91 Å². The molecule has 36 heavy (non-hydrogen) atoms. The Bertz CT molecular complexity index is 1440. The van der Waals surface area contributed by atoms with Crippen molar-refractivity contribution < 1.29 is 19.4 Å². The number of halogens is 1. The van der Waals surface area contributed by atoms with Crippen molar-refractivity contribution in [1.29, 1.82) is 0 Å². The Balaban J connectivity index is 1.65. The first-order valence-corrected chi connectivity index (χ1v) is 11.9. The quantitative estimate of drug-likeness (QED) is 0.446. The van der Waals surface area contributed by atoms with Gasteiger partial charge in [0.05, 0.1) is 17.6 Å². The minimum absolute atomic E-state index is 0.0323. The molecule has 1 atom stereocenters. The summed E-state index contributed by atoms with van der Waals surface area (Å²) in [5, 5.41) is 23.2. The van der Waals surface area contributed by atoms with Gasteiger partial charge in [0.1, 0.15) is 17.4 Å². The van der Waals surface area contributed by atoms with Crippen molar-refractivity contribution in [2.45, 2.75) is 26.0 Å². The fourth-order valence-corrected chi connectivity index (χ4v) is 4.75. The second-order valence-corrected chi connectivity index (χ2v) is 9.05. The van der Waals surface area contributed by atoms with Gasteiger partial charge in [0.25, 0.3) is 0 Å². The molecule has 1 aliphatic heterocycles. The van der Waals surface area contributed by atoms with E-state index in [9.17, 15) is 19.4 Å². The van der Waals surface area contributed by atoms with Crippen molar-refractivity contribution in [2.75, 3.05) is 24.5 Å². The third kappa shape index (κ3) is 4.13. The number of β-amino-alcohol motifs (C(OH)–C–C–N with tert-alkyl or cyclic N) is 1. The number of benzene rings is 3. The van der Waals surface area contributed by atoms with Crippen LogP contribution in [0.2, 0.25) is 0 Å². The molecule has 1 aromatic heterocycles. The summed E-state index contributed by atoms with van der Waals surface area (Å²) in [6.45, 7) is 4.44. The molecule has 2 heterocycles. The number of phenols is 1. The van der Waals surface area contributed by atoms with Crippen molar-refractivity contribution in [3.05, 3.63) is 83.7 Å². The molecule has 5 rings (SSSR count). The minimum atomic E-state index is -1.68. The standard InChI is InChI=1S/C28H27FN4O3/c1-3-25(35)33-15-14-32(17-28(33,36)19-9-11-20(29)12-10-19)27-21-13-8-18(2)16-23(21)30-26(31-27)22-6-4-5-7-24(22)34/h4-13,16,34,36H,3,14-15,17H2,1-2H3. The van der Waals surface area contributed by atoms with E-state index in [1.165, 1.54) is 29.2 Å². The highest BCUT2D eigenvalue weighted by molar-refractivity contribution is 5.92. The summed E-state index contributed by atoms with van der Waals surface area (Å²) >= 11 is 0. The number of aromatic hydroxyl groups is 1. The Morgan fingerprint density at radius 3 is 2.53 bits per heavy atom. The van der Waals surface area contributed by atoms with Gasteiger partial charge in [-0.1, -0.05) is 37.3 Å². The van der Waals surface area contributed by atoms with Crippen molar-refractivity contribution >= 4 is 22.6 Å². The second kappa shape index (κ2) is 9.20. The van der Waals surface area contributed by atoms with E-state index < -0.39 is 11.5 Å². The van der Waals surface area contributed by atoms with Gasteiger partial charge in [-0.05, 0) is 48.9 Å².